The Balaban J connectivity index is 2.53. The number of halogens is 1. The Bertz CT molecular complexity index is 767. The highest BCUT2D eigenvalue weighted by Gasteiger charge is 2.13. The minimum Gasteiger partial charge on any atom is -0.308 e. The second-order valence-electron chi connectivity index (χ2n) is 4.05. The van der Waals surface area contributed by atoms with Crippen LogP contribution in [0.3, 0.4) is 0 Å². The molecule has 0 spiro atoms. The average molecular weight is 303 g/mol. The molecule has 0 saturated carbocycles. The monoisotopic (exact) mass is 302 g/mol. The molecule has 1 aromatic carbocycles. The largest absolute Gasteiger partial charge is 0.308 e. The summed E-state index contributed by atoms with van der Waals surface area (Å²) in [5.41, 5.74) is 1.01. The molecule has 2 rings (SSSR count). The van der Waals surface area contributed by atoms with Crippen molar-refractivity contribution in [2.24, 2.45) is 0 Å². The van der Waals surface area contributed by atoms with Crippen molar-refractivity contribution in [2.45, 2.75) is 13.3 Å². The van der Waals surface area contributed by atoms with Crippen LogP contribution in [0.25, 0.3) is 11.0 Å². The third-order valence-electron chi connectivity index (χ3n) is 2.57. The zero-order valence-corrected chi connectivity index (χ0v) is 11.9. The first kappa shape index (κ1) is 14.8. The van der Waals surface area contributed by atoms with Crippen LogP contribution >= 0.6 is 11.6 Å². The zero-order chi connectivity index (χ0) is 15.4. The quantitative estimate of drug-likeness (QED) is 0.851. The van der Waals surface area contributed by atoms with Gasteiger partial charge >= 0.3 is 5.91 Å². The first-order valence-corrected chi connectivity index (χ1v) is 6.46. The molecule has 0 fully saturated rings. The lowest BCUT2D eigenvalue weighted by Crippen LogP contribution is -2.17. The Morgan fingerprint density at radius 2 is 1.90 bits per heavy atom. The fourth-order valence-electron chi connectivity index (χ4n) is 1.57. The Kier molecular flexibility index (Phi) is 4.36. The number of rotatable bonds is 3. The van der Waals surface area contributed by atoms with E-state index < -0.39 is 5.91 Å². The van der Waals surface area contributed by atoms with Crippen LogP contribution in [-0.4, -0.2) is 21.8 Å². The first-order valence-electron chi connectivity index (χ1n) is 6.08. The van der Waals surface area contributed by atoms with E-state index in [0.29, 0.717) is 16.1 Å². The van der Waals surface area contributed by atoms with Crippen molar-refractivity contribution in [1.29, 1.82) is 0 Å². The van der Waals surface area contributed by atoms with Crippen molar-refractivity contribution in [3.63, 3.8) is 0 Å². The van der Waals surface area contributed by atoms with Crippen LogP contribution in [0.15, 0.2) is 18.2 Å². The second kappa shape index (κ2) is 6.20. The highest BCUT2D eigenvalue weighted by Crippen LogP contribution is 2.23. The van der Waals surface area contributed by atoms with Crippen molar-refractivity contribution in [2.75, 3.05) is 10.6 Å². The summed E-state index contributed by atoms with van der Waals surface area (Å²) in [6, 6.07) is 4.91. The van der Waals surface area contributed by atoms with Crippen molar-refractivity contribution >= 4 is 46.1 Å². The highest BCUT2D eigenvalue weighted by molar-refractivity contribution is 6.31. The van der Waals surface area contributed by atoms with Gasteiger partial charge in [-0.15, -0.1) is 6.42 Å². The molecule has 1 aromatic heterocycles. The summed E-state index contributed by atoms with van der Waals surface area (Å²) in [7, 11) is 0. The smallest absolute Gasteiger partial charge is 0.301 e. The highest BCUT2D eigenvalue weighted by atomic mass is 35.5. The van der Waals surface area contributed by atoms with Gasteiger partial charge in [0.15, 0.2) is 11.6 Å². The number of carbonyl (C=O) groups excluding carboxylic acids is 2. The van der Waals surface area contributed by atoms with Gasteiger partial charge in [0.25, 0.3) is 0 Å². The minimum absolute atomic E-state index is 0.0922. The lowest BCUT2D eigenvalue weighted by molar-refractivity contribution is -0.116. The zero-order valence-electron chi connectivity index (χ0n) is 11.1. The van der Waals surface area contributed by atoms with Gasteiger partial charge in [-0.1, -0.05) is 18.5 Å². The summed E-state index contributed by atoms with van der Waals surface area (Å²) in [6.45, 7) is 1.69. The number of hydrogen-bond donors (Lipinski definition) is 2. The topological polar surface area (TPSA) is 84.0 Å². The molecule has 6 nitrogen and oxygen atoms in total. The molecule has 0 bridgehead atoms. The summed E-state index contributed by atoms with van der Waals surface area (Å²) < 4.78 is 0. The number of hydrogen-bond acceptors (Lipinski definition) is 4. The van der Waals surface area contributed by atoms with E-state index in [1.54, 1.807) is 25.1 Å². The minimum atomic E-state index is -0.676. The molecule has 21 heavy (non-hydrogen) atoms. The predicted molar refractivity (Wildman–Crippen MR) is 80.9 cm³/mol. The van der Waals surface area contributed by atoms with Crippen LogP contribution in [-0.2, 0) is 9.59 Å². The van der Waals surface area contributed by atoms with Crippen LogP contribution in [0, 0.1) is 12.3 Å². The number of terminal acetylenes is 1. The number of nitrogens with one attached hydrogen (secondary N) is 2. The molecule has 0 atom stereocenters. The number of aromatic nitrogens is 2. The predicted octanol–water partition coefficient (Wildman–Crippen LogP) is 2.20. The average Bonchev–Trinajstić information content (AvgIpc) is 2.47. The van der Waals surface area contributed by atoms with Crippen LogP contribution < -0.4 is 10.6 Å². The summed E-state index contributed by atoms with van der Waals surface area (Å²) in [5, 5.41) is 5.45. The fourth-order valence-corrected chi connectivity index (χ4v) is 1.73. The van der Waals surface area contributed by atoms with Crippen molar-refractivity contribution in [1.82, 2.24) is 9.97 Å². The van der Waals surface area contributed by atoms with Gasteiger partial charge in [-0.3, -0.25) is 14.9 Å². The molecule has 1 heterocycles. The van der Waals surface area contributed by atoms with E-state index in [2.05, 4.69) is 20.6 Å². The van der Waals surface area contributed by atoms with Crippen molar-refractivity contribution in [3.8, 4) is 12.3 Å². The molecule has 0 aliphatic heterocycles. The summed E-state index contributed by atoms with van der Waals surface area (Å²) in [6.07, 6.45) is 5.28. The van der Waals surface area contributed by atoms with E-state index in [1.807, 2.05) is 5.92 Å². The van der Waals surface area contributed by atoms with Gasteiger partial charge in [0, 0.05) is 11.4 Å². The lowest BCUT2D eigenvalue weighted by atomic mass is 10.3. The van der Waals surface area contributed by atoms with Crippen LogP contribution in [0.4, 0.5) is 11.6 Å². The maximum absolute atomic E-state index is 11.5. The molecule has 2 aromatic rings. The van der Waals surface area contributed by atoms with Gasteiger partial charge in [0.2, 0.25) is 5.91 Å². The van der Waals surface area contributed by atoms with E-state index in [4.69, 9.17) is 18.0 Å². The number of nitrogens with zero attached hydrogens (tertiary/aromatic N) is 2. The van der Waals surface area contributed by atoms with Crippen LogP contribution in [0.5, 0.6) is 0 Å². The van der Waals surface area contributed by atoms with Gasteiger partial charge in [0.1, 0.15) is 0 Å². The second-order valence-corrected chi connectivity index (χ2v) is 4.49. The SMILES string of the molecule is C#CC(=O)Nc1nc2ccc(Cl)cc2nc1NC(=O)CC. The molecule has 106 valence electrons. The molecule has 0 saturated heterocycles. The van der Waals surface area contributed by atoms with E-state index in [1.165, 1.54) is 0 Å². The van der Waals surface area contributed by atoms with Gasteiger partial charge < -0.3 is 5.32 Å². The fraction of sp³-hybridized carbons (Fsp3) is 0.143. The van der Waals surface area contributed by atoms with E-state index >= 15 is 0 Å². The van der Waals surface area contributed by atoms with Gasteiger partial charge in [-0.05, 0) is 24.1 Å². The van der Waals surface area contributed by atoms with E-state index in [0.717, 1.165) is 0 Å². The number of amides is 2. The third kappa shape index (κ3) is 3.46. The van der Waals surface area contributed by atoms with Crippen molar-refractivity contribution < 1.29 is 9.59 Å². The standard InChI is InChI=1S/C14H11ClN4O2/c1-3-11(20)18-13-14(19-12(21)4-2)17-10-7-8(15)5-6-9(10)16-13/h1,5-7H,4H2,2H3,(H,16,18,20)(H,17,19,21). The molecular formula is C14H11ClN4O2. The van der Waals surface area contributed by atoms with E-state index in [-0.39, 0.29) is 24.0 Å². The first-order chi connectivity index (χ1) is 10.0. The molecule has 0 radical (unpaired) electrons. The van der Waals surface area contributed by atoms with E-state index in [9.17, 15) is 9.59 Å². The summed E-state index contributed by atoms with van der Waals surface area (Å²) in [4.78, 5) is 31.3. The number of fused-ring (bicyclic) bond motifs is 1. The normalized spacial score (nSPS) is 9.95. The van der Waals surface area contributed by atoms with Crippen LogP contribution in [0.2, 0.25) is 5.02 Å². The summed E-state index contributed by atoms with van der Waals surface area (Å²) >= 11 is 5.90. The maximum Gasteiger partial charge on any atom is 0.301 e. The molecular weight excluding hydrogens is 292 g/mol. The lowest BCUT2D eigenvalue weighted by Gasteiger charge is -2.10. The van der Waals surface area contributed by atoms with Crippen molar-refractivity contribution in [3.05, 3.63) is 23.2 Å². The maximum atomic E-state index is 11.5. The van der Waals surface area contributed by atoms with Gasteiger partial charge in [-0.2, -0.15) is 0 Å². The third-order valence-corrected chi connectivity index (χ3v) is 2.80. The Morgan fingerprint density at radius 3 is 2.57 bits per heavy atom. The molecule has 2 N–H and O–H groups in total. The molecule has 0 unspecified atom stereocenters. The molecule has 0 aliphatic rings. The Labute approximate surface area is 125 Å². The summed E-state index contributed by atoms with van der Waals surface area (Å²) in [5.74, 6) is 1.19. The molecule has 0 aliphatic carbocycles. The number of carbonyl (C=O) groups is 2. The van der Waals surface area contributed by atoms with Gasteiger partial charge in [0.05, 0.1) is 11.0 Å². The Hall–Kier alpha value is -2.65. The molecule has 7 heteroatoms. The Morgan fingerprint density at radius 1 is 1.24 bits per heavy atom. The van der Waals surface area contributed by atoms with Gasteiger partial charge in [-0.25, -0.2) is 9.97 Å². The van der Waals surface area contributed by atoms with Crippen LogP contribution in [0.1, 0.15) is 13.3 Å². The number of benzene rings is 1. The number of anilines is 2. The molecule has 2 amide bonds.